The molecule has 9 heteroatoms. The van der Waals surface area contributed by atoms with Crippen LogP contribution in [0, 0.1) is 0 Å². The van der Waals surface area contributed by atoms with Crippen molar-refractivity contribution in [2.24, 2.45) is 0 Å². The van der Waals surface area contributed by atoms with Crippen LogP contribution in [0.25, 0.3) is 28.0 Å². The fourth-order valence-corrected chi connectivity index (χ4v) is 4.27. The highest BCUT2D eigenvalue weighted by atomic mass is 35.5. The summed E-state index contributed by atoms with van der Waals surface area (Å²) in [5.74, 6) is -0.381. The third-order valence-electron chi connectivity index (χ3n) is 5.80. The Balaban J connectivity index is 1.83. The maximum Gasteiger partial charge on any atom is 0.265 e. The molecule has 34 heavy (non-hydrogen) atoms. The number of nitrogens with zero attached hydrogens (tertiary/aromatic N) is 3. The quantitative estimate of drug-likeness (QED) is 0.402. The van der Waals surface area contributed by atoms with Gasteiger partial charge in [-0.25, -0.2) is 4.68 Å². The molecule has 0 saturated heterocycles. The van der Waals surface area contributed by atoms with Crippen LogP contribution in [0.5, 0.6) is 0 Å². The van der Waals surface area contributed by atoms with E-state index in [-0.39, 0.29) is 30.7 Å². The molecule has 1 amide bonds. The van der Waals surface area contributed by atoms with E-state index in [1.165, 1.54) is 4.57 Å². The number of pyridine rings is 1. The molecule has 2 aromatic heterocycles. The van der Waals surface area contributed by atoms with Crippen LogP contribution in [-0.2, 0) is 11.3 Å². The molecular weight excluding hydrogens is 475 g/mol. The van der Waals surface area contributed by atoms with Crippen molar-refractivity contribution in [3.63, 3.8) is 0 Å². The molecule has 2 aromatic carbocycles. The first-order valence-corrected chi connectivity index (χ1v) is 11.7. The van der Waals surface area contributed by atoms with Crippen molar-refractivity contribution in [1.82, 2.24) is 19.7 Å². The van der Waals surface area contributed by atoms with Gasteiger partial charge in [0.15, 0.2) is 5.65 Å². The molecule has 1 fully saturated rings. The second kappa shape index (κ2) is 9.25. The Kier molecular flexibility index (Phi) is 6.16. The zero-order valence-corrected chi connectivity index (χ0v) is 19.9. The molecule has 0 unspecified atom stereocenters. The molecule has 0 spiro atoms. The molecule has 4 aromatic rings. The Hall–Kier alpha value is -3.13. The molecule has 0 bridgehead atoms. The number of aromatic nitrogens is 3. The van der Waals surface area contributed by atoms with Crippen molar-refractivity contribution in [3.05, 3.63) is 80.6 Å². The SMILES string of the molecule is COCCn1c(=O)c(C(=O)NC2CC2)cc2c(-c3ccc(Cl)cc3)n(-c3ccccc3Cl)nc21. The first kappa shape index (κ1) is 22.7. The van der Waals surface area contributed by atoms with E-state index < -0.39 is 5.56 Å². The molecule has 2 heterocycles. The van der Waals surface area contributed by atoms with Crippen molar-refractivity contribution >= 4 is 40.1 Å². The molecule has 7 nitrogen and oxygen atoms in total. The van der Waals surface area contributed by atoms with E-state index in [4.69, 9.17) is 33.0 Å². The maximum absolute atomic E-state index is 13.4. The second-order valence-corrected chi connectivity index (χ2v) is 9.05. The molecule has 174 valence electrons. The zero-order valence-electron chi connectivity index (χ0n) is 18.4. The number of carbonyl (C=O) groups excluding carboxylic acids is 1. The van der Waals surface area contributed by atoms with Crippen LogP contribution in [0.3, 0.4) is 0 Å². The van der Waals surface area contributed by atoms with Gasteiger partial charge in [0.1, 0.15) is 5.56 Å². The van der Waals surface area contributed by atoms with Gasteiger partial charge in [0, 0.05) is 29.1 Å². The van der Waals surface area contributed by atoms with Gasteiger partial charge in [0.05, 0.1) is 29.6 Å². The van der Waals surface area contributed by atoms with E-state index in [0.29, 0.717) is 32.5 Å². The summed E-state index contributed by atoms with van der Waals surface area (Å²) in [5.41, 5.74) is 2.28. The average Bonchev–Trinajstić information content (AvgIpc) is 3.56. The lowest BCUT2D eigenvalue weighted by atomic mass is 10.1. The van der Waals surface area contributed by atoms with Crippen molar-refractivity contribution in [1.29, 1.82) is 0 Å². The van der Waals surface area contributed by atoms with E-state index in [9.17, 15) is 9.59 Å². The molecule has 5 rings (SSSR count). The van der Waals surface area contributed by atoms with Crippen LogP contribution in [0.2, 0.25) is 10.0 Å². The fourth-order valence-electron chi connectivity index (χ4n) is 3.93. The number of ether oxygens (including phenoxy) is 1. The minimum absolute atomic E-state index is 0.0735. The Bertz CT molecular complexity index is 1440. The van der Waals surface area contributed by atoms with E-state index in [1.54, 1.807) is 36.1 Å². The molecule has 1 N–H and O–H groups in total. The van der Waals surface area contributed by atoms with Crippen LogP contribution < -0.4 is 10.9 Å². The number of nitrogens with one attached hydrogen (secondary N) is 1. The number of hydrogen-bond donors (Lipinski definition) is 1. The summed E-state index contributed by atoms with van der Waals surface area (Å²) in [7, 11) is 1.56. The summed E-state index contributed by atoms with van der Waals surface area (Å²) < 4.78 is 8.44. The molecule has 1 aliphatic rings. The number of methoxy groups -OCH3 is 1. The summed E-state index contributed by atoms with van der Waals surface area (Å²) in [6, 6.07) is 16.4. The smallest absolute Gasteiger partial charge is 0.265 e. The van der Waals surface area contributed by atoms with Crippen LogP contribution >= 0.6 is 23.2 Å². The monoisotopic (exact) mass is 496 g/mol. The van der Waals surface area contributed by atoms with Gasteiger partial charge in [-0.2, -0.15) is 0 Å². The van der Waals surface area contributed by atoms with Gasteiger partial charge in [-0.3, -0.25) is 14.2 Å². The van der Waals surface area contributed by atoms with Gasteiger partial charge in [0.25, 0.3) is 11.5 Å². The van der Waals surface area contributed by atoms with Gasteiger partial charge in [-0.05, 0) is 43.2 Å². The molecule has 1 aliphatic carbocycles. The van der Waals surface area contributed by atoms with E-state index in [1.807, 2.05) is 30.3 Å². The second-order valence-electron chi connectivity index (χ2n) is 8.21. The molecule has 0 radical (unpaired) electrons. The standard InChI is InChI=1S/C25H22Cl2N4O3/c1-34-13-12-30-23-18(14-19(25(30)33)24(32)28-17-10-11-17)22(15-6-8-16(26)9-7-15)31(29-23)21-5-3-2-4-20(21)27/h2-9,14,17H,10-13H2,1H3,(H,28,32). The third-order valence-corrected chi connectivity index (χ3v) is 6.37. The minimum Gasteiger partial charge on any atom is -0.383 e. The summed E-state index contributed by atoms with van der Waals surface area (Å²) >= 11 is 12.7. The molecule has 1 saturated carbocycles. The molecule has 0 atom stereocenters. The zero-order chi connectivity index (χ0) is 23.8. The van der Waals surface area contributed by atoms with Crippen molar-refractivity contribution < 1.29 is 9.53 Å². The first-order valence-electron chi connectivity index (χ1n) is 10.9. The number of halogens is 2. The lowest BCUT2D eigenvalue weighted by Crippen LogP contribution is -2.34. The van der Waals surface area contributed by atoms with Crippen LogP contribution in [0.4, 0.5) is 0 Å². The van der Waals surface area contributed by atoms with Gasteiger partial charge < -0.3 is 10.1 Å². The molecule has 0 aliphatic heterocycles. The highest BCUT2D eigenvalue weighted by Crippen LogP contribution is 2.34. The predicted molar refractivity (Wildman–Crippen MR) is 133 cm³/mol. The lowest BCUT2D eigenvalue weighted by Gasteiger charge is -2.11. The largest absolute Gasteiger partial charge is 0.383 e. The normalized spacial score (nSPS) is 13.4. The number of fused-ring (bicyclic) bond motifs is 1. The van der Waals surface area contributed by atoms with Crippen LogP contribution in [-0.4, -0.2) is 40.0 Å². The molecular formula is C25H22Cl2N4O3. The van der Waals surface area contributed by atoms with Gasteiger partial charge in [-0.1, -0.05) is 47.5 Å². The fraction of sp³-hybridized carbons (Fsp3) is 0.240. The van der Waals surface area contributed by atoms with Gasteiger partial charge in [-0.15, -0.1) is 5.10 Å². The summed E-state index contributed by atoms with van der Waals surface area (Å²) in [5, 5.41) is 9.48. The third kappa shape index (κ3) is 4.22. The van der Waals surface area contributed by atoms with Crippen molar-refractivity contribution in [2.75, 3.05) is 13.7 Å². The maximum atomic E-state index is 13.4. The Morgan fingerprint density at radius 1 is 1.15 bits per heavy atom. The number of hydrogen-bond acceptors (Lipinski definition) is 4. The number of rotatable bonds is 7. The topological polar surface area (TPSA) is 78.1 Å². The van der Waals surface area contributed by atoms with Crippen molar-refractivity contribution in [2.45, 2.75) is 25.4 Å². The highest BCUT2D eigenvalue weighted by Gasteiger charge is 2.28. The average molecular weight is 497 g/mol. The van der Waals surface area contributed by atoms with Gasteiger partial charge in [0.2, 0.25) is 0 Å². The van der Waals surface area contributed by atoms with E-state index in [2.05, 4.69) is 5.32 Å². The Morgan fingerprint density at radius 2 is 1.88 bits per heavy atom. The Labute approximate surface area is 205 Å². The van der Waals surface area contributed by atoms with Crippen molar-refractivity contribution in [3.8, 4) is 16.9 Å². The number of carbonyl (C=O) groups is 1. The summed E-state index contributed by atoms with van der Waals surface area (Å²) in [6.07, 6.45) is 1.85. The van der Waals surface area contributed by atoms with Crippen LogP contribution in [0.15, 0.2) is 59.4 Å². The lowest BCUT2D eigenvalue weighted by molar-refractivity contribution is 0.0949. The number of para-hydroxylation sites is 1. The summed E-state index contributed by atoms with van der Waals surface area (Å²) in [4.78, 5) is 26.4. The Morgan fingerprint density at radius 3 is 2.56 bits per heavy atom. The van der Waals surface area contributed by atoms with Gasteiger partial charge >= 0.3 is 0 Å². The van der Waals surface area contributed by atoms with E-state index >= 15 is 0 Å². The summed E-state index contributed by atoms with van der Waals surface area (Å²) in [6.45, 7) is 0.536. The predicted octanol–water partition coefficient (Wildman–Crippen LogP) is 4.70. The number of benzene rings is 2. The van der Waals surface area contributed by atoms with Crippen LogP contribution in [0.1, 0.15) is 23.2 Å². The van der Waals surface area contributed by atoms with E-state index in [0.717, 1.165) is 18.4 Å². The first-order chi connectivity index (χ1) is 16.5. The highest BCUT2D eigenvalue weighted by molar-refractivity contribution is 6.32. The minimum atomic E-state index is -0.408. The number of amides is 1.